The molecule has 0 atom stereocenters. The first-order chi connectivity index (χ1) is 13.3. The number of carbonyl (C=O) groups is 1. The van der Waals surface area contributed by atoms with Crippen LogP contribution in [0.5, 0.6) is 5.75 Å². The molecule has 0 saturated heterocycles. The van der Waals surface area contributed by atoms with Gasteiger partial charge in [-0.2, -0.15) is 0 Å². The highest BCUT2D eigenvalue weighted by Crippen LogP contribution is 2.32. The molecular formula is C23H17NO3. The average Bonchev–Trinajstić information content (AvgIpc) is 3.18. The molecule has 0 saturated carbocycles. The van der Waals surface area contributed by atoms with Crippen molar-refractivity contribution < 1.29 is 13.9 Å². The fourth-order valence-electron chi connectivity index (χ4n) is 2.79. The van der Waals surface area contributed by atoms with E-state index in [9.17, 15) is 4.79 Å². The number of aldehydes is 1. The standard InChI is InChI=1S/C23H17NO3/c25-15-17-11-13-20(14-12-17)26-16-21-24-22(18-7-3-1-4-8-18)23(27-21)19-9-5-2-6-10-19/h1-15H,16H2. The van der Waals surface area contributed by atoms with Crippen LogP contribution in [0.25, 0.3) is 22.6 Å². The summed E-state index contributed by atoms with van der Waals surface area (Å²) in [6.45, 7) is 0.201. The molecule has 0 spiro atoms. The number of ether oxygens (including phenoxy) is 1. The van der Waals surface area contributed by atoms with Crippen molar-refractivity contribution in [3.05, 3.63) is 96.4 Å². The Morgan fingerprint density at radius 1 is 0.815 bits per heavy atom. The second-order valence-electron chi connectivity index (χ2n) is 5.99. The first-order valence-corrected chi connectivity index (χ1v) is 8.62. The molecule has 4 nitrogen and oxygen atoms in total. The molecule has 0 N–H and O–H groups in total. The molecule has 4 aromatic rings. The van der Waals surface area contributed by atoms with Gasteiger partial charge in [0.25, 0.3) is 0 Å². The number of aromatic nitrogens is 1. The quantitative estimate of drug-likeness (QED) is 0.435. The molecule has 27 heavy (non-hydrogen) atoms. The number of carbonyl (C=O) groups excluding carboxylic acids is 1. The van der Waals surface area contributed by atoms with Crippen LogP contribution in [0.2, 0.25) is 0 Å². The largest absolute Gasteiger partial charge is 0.484 e. The second kappa shape index (κ2) is 7.70. The summed E-state index contributed by atoms with van der Waals surface area (Å²) in [6, 6.07) is 26.8. The highest BCUT2D eigenvalue weighted by atomic mass is 16.5. The van der Waals surface area contributed by atoms with Gasteiger partial charge in [-0.3, -0.25) is 4.79 Å². The van der Waals surface area contributed by atoms with Crippen LogP contribution >= 0.6 is 0 Å². The lowest BCUT2D eigenvalue weighted by molar-refractivity contribution is 0.112. The minimum Gasteiger partial charge on any atom is -0.484 e. The van der Waals surface area contributed by atoms with Crippen LogP contribution in [0.15, 0.2) is 89.3 Å². The maximum absolute atomic E-state index is 10.7. The lowest BCUT2D eigenvalue weighted by atomic mass is 10.1. The predicted molar refractivity (Wildman–Crippen MR) is 104 cm³/mol. The van der Waals surface area contributed by atoms with Crippen LogP contribution in [0, 0.1) is 0 Å². The molecule has 0 aliphatic carbocycles. The Hall–Kier alpha value is -3.66. The first-order valence-electron chi connectivity index (χ1n) is 8.62. The van der Waals surface area contributed by atoms with Crippen molar-refractivity contribution >= 4 is 6.29 Å². The van der Waals surface area contributed by atoms with Crippen LogP contribution in [-0.4, -0.2) is 11.3 Å². The molecule has 0 fully saturated rings. The maximum atomic E-state index is 10.7. The molecule has 0 aliphatic rings. The molecule has 3 aromatic carbocycles. The number of rotatable bonds is 6. The van der Waals surface area contributed by atoms with E-state index in [2.05, 4.69) is 4.98 Å². The first kappa shape index (κ1) is 16.8. The van der Waals surface area contributed by atoms with Gasteiger partial charge < -0.3 is 9.15 Å². The topological polar surface area (TPSA) is 52.3 Å². The van der Waals surface area contributed by atoms with Gasteiger partial charge in [-0.05, 0) is 24.3 Å². The van der Waals surface area contributed by atoms with E-state index in [0.717, 1.165) is 28.9 Å². The van der Waals surface area contributed by atoms with Gasteiger partial charge in [-0.15, -0.1) is 0 Å². The zero-order chi connectivity index (χ0) is 18.5. The third-order valence-electron chi connectivity index (χ3n) is 4.13. The van der Waals surface area contributed by atoms with Crippen molar-refractivity contribution in [1.82, 2.24) is 4.98 Å². The van der Waals surface area contributed by atoms with Crippen LogP contribution in [0.3, 0.4) is 0 Å². The van der Waals surface area contributed by atoms with E-state index in [1.54, 1.807) is 24.3 Å². The molecule has 1 aromatic heterocycles. The average molecular weight is 355 g/mol. The summed E-state index contributed by atoms with van der Waals surface area (Å²) in [5.74, 6) is 1.87. The molecule has 0 bridgehead atoms. The van der Waals surface area contributed by atoms with Gasteiger partial charge in [0.05, 0.1) is 0 Å². The monoisotopic (exact) mass is 355 g/mol. The summed E-state index contributed by atoms with van der Waals surface area (Å²) in [4.78, 5) is 15.4. The van der Waals surface area contributed by atoms with Crippen LogP contribution in [0.1, 0.15) is 16.2 Å². The lowest BCUT2D eigenvalue weighted by Gasteiger charge is -2.03. The van der Waals surface area contributed by atoms with Gasteiger partial charge in [0, 0.05) is 16.7 Å². The number of oxazole rings is 1. The van der Waals surface area contributed by atoms with E-state index in [0.29, 0.717) is 17.2 Å². The third-order valence-corrected chi connectivity index (χ3v) is 4.13. The van der Waals surface area contributed by atoms with Gasteiger partial charge in [-0.1, -0.05) is 60.7 Å². The second-order valence-corrected chi connectivity index (χ2v) is 5.99. The molecule has 132 valence electrons. The zero-order valence-electron chi connectivity index (χ0n) is 14.5. The number of nitrogens with zero attached hydrogens (tertiary/aromatic N) is 1. The SMILES string of the molecule is O=Cc1ccc(OCc2nc(-c3ccccc3)c(-c3ccccc3)o2)cc1. The van der Waals surface area contributed by atoms with Gasteiger partial charge in [-0.25, -0.2) is 4.98 Å². The Labute approximate surface area is 157 Å². The fourth-order valence-corrected chi connectivity index (χ4v) is 2.79. The van der Waals surface area contributed by atoms with E-state index in [1.165, 1.54) is 0 Å². The Morgan fingerprint density at radius 3 is 2.07 bits per heavy atom. The van der Waals surface area contributed by atoms with Crippen molar-refractivity contribution in [2.75, 3.05) is 0 Å². The smallest absolute Gasteiger partial charge is 0.233 e. The summed E-state index contributed by atoms with van der Waals surface area (Å²) >= 11 is 0. The van der Waals surface area contributed by atoms with Crippen molar-refractivity contribution in [3.8, 4) is 28.3 Å². The number of hydrogen-bond acceptors (Lipinski definition) is 4. The summed E-state index contributed by atoms with van der Waals surface area (Å²) < 4.78 is 11.8. The van der Waals surface area contributed by atoms with E-state index in [1.807, 2.05) is 60.7 Å². The minimum atomic E-state index is 0.201. The molecule has 0 aliphatic heterocycles. The Bertz CT molecular complexity index is 965. The van der Waals surface area contributed by atoms with Crippen LogP contribution < -0.4 is 4.74 Å². The van der Waals surface area contributed by atoms with Gasteiger partial charge >= 0.3 is 0 Å². The van der Waals surface area contributed by atoms with E-state index >= 15 is 0 Å². The molecule has 4 rings (SSSR count). The highest BCUT2D eigenvalue weighted by Gasteiger charge is 2.17. The Kier molecular flexibility index (Phi) is 4.79. The number of benzene rings is 3. The van der Waals surface area contributed by atoms with Gasteiger partial charge in [0.15, 0.2) is 12.4 Å². The number of hydrogen-bond donors (Lipinski definition) is 0. The molecule has 4 heteroatoms. The Morgan fingerprint density at radius 2 is 1.44 bits per heavy atom. The highest BCUT2D eigenvalue weighted by molar-refractivity contribution is 5.77. The van der Waals surface area contributed by atoms with Crippen molar-refractivity contribution in [3.63, 3.8) is 0 Å². The zero-order valence-corrected chi connectivity index (χ0v) is 14.5. The minimum absolute atomic E-state index is 0.201. The van der Waals surface area contributed by atoms with Crippen molar-refractivity contribution in [2.45, 2.75) is 6.61 Å². The van der Waals surface area contributed by atoms with Crippen LogP contribution in [-0.2, 0) is 6.61 Å². The third kappa shape index (κ3) is 3.80. The van der Waals surface area contributed by atoms with E-state index < -0.39 is 0 Å². The normalized spacial score (nSPS) is 10.5. The summed E-state index contributed by atoms with van der Waals surface area (Å²) in [5.41, 5.74) is 3.35. The summed E-state index contributed by atoms with van der Waals surface area (Å²) in [7, 11) is 0. The summed E-state index contributed by atoms with van der Waals surface area (Å²) in [5, 5.41) is 0. The summed E-state index contributed by atoms with van der Waals surface area (Å²) in [6.07, 6.45) is 0.802. The molecule has 1 heterocycles. The molecular weight excluding hydrogens is 338 g/mol. The van der Waals surface area contributed by atoms with Crippen molar-refractivity contribution in [1.29, 1.82) is 0 Å². The van der Waals surface area contributed by atoms with Gasteiger partial charge in [0.1, 0.15) is 17.7 Å². The molecule has 0 radical (unpaired) electrons. The molecule has 0 unspecified atom stereocenters. The van der Waals surface area contributed by atoms with Crippen LogP contribution in [0.4, 0.5) is 0 Å². The van der Waals surface area contributed by atoms with Gasteiger partial charge in [0.2, 0.25) is 5.89 Å². The van der Waals surface area contributed by atoms with Crippen molar-refractivity contribution in [2.24, 2.45) is 0 Å². The van der Waals surface area contributed by atoms with E-state index in [4.69, 9.17) is 9.15 Å². The fraction of sp³-hybridized carbons (Fsp3) is 0.0435. The predicted octanol–water partition coefficient (Wildman–Crippen LogP) is 5.40. The maximum Gasteiger partial charge on any atom is 0.233 e. The van der Waals surface area contributed by atoms with E-state index in [-0.39, 0.29) is 6.61 Å². The lowest BCUT2D eigenvalue weighted by Crippen LogP contribution is -1.95. The Balaban J connectivity index is 1.63. The molecule has 0 amide bonds.